The van der Waals surface area contributed by atoms with Crippen LogP contribution in [0.4, 0.5) is 5.82 Å². The number of carbonyl (C=O) groups excluding carboxylic acids is 1. The summed E-state index contributed by atoms with van der Waals surface area (Å²) in [4.78, 5) is 35.3. The van der Waals surface area contributed by atoms with Crippen LogP contribution in [-0.4, -0.2) is 43.5 Å². The maximum absolute atomic E-state index is 12.9. The van der Waals surface area contributed by atoms with Crippen LogP contribution in [0.3, 0.4) is 0 Å². The molecular weight excluding hydrogens is 460 g/mol. The second-order valence-electron chi connectivity index (χ2n) is 8.75. The predicted octanol–water partition coefficient (Wildman–Crippen LogP) is 5.06. The molecule has 8 nitrogen and oxygen atoms in total. The fraction of sp³-hybridized carbons (Fsp3) is 0.435. The molecule has 0 unspecified atom stereocenters. The second-order valence-corrected chi connectivity index (χ2v) is 10.0. The molecule has 33 heavy (non-hydrogen) atoms. The first kappa shape index (κ1) is 20.8. The third kappa shape index (κ3) is 3.54. The number of H-pyrrole nitrogens is 1. The molecule has 170 valence electrons. The van der Waals surface area contributed by atoms with Crippen molar-refractivity contribution in [1.29, 1.82) is 0 Å². The zero-order chi connectivity index (χ0) is 22.5. The molecule has 3 fully saturated rings. The molecule has 0 aliphatic heterocycles. The molecule has 10 heteroatoms. The Morgan fingerprint density at radius 1 is 1.24 bits per heavy atom. The van der Waals surface area contributed by atoms with E-state index in [0.717, 1.165) is 47.3 Å². The summed E-state index contributed by atoms with van der Waals surface area (Å²) in [5, 5.41) is 6.95. The van der Waals surface area contributed by atoms with Gasteiger partial charge in [-0.05, 0) is 55.9 Å². The average molecular weight is 483 g/mol. The highest BCUT2D eigenvalue weighted by Crippen LogP contribution is 2.47. The molecule has 0 aromatic carbocycles. The van der Waals surface area contributed by atoms with Crippen LogP contribution in [-0.2, 0) is 9.53 Å². The summed E-state index contributed by atoms with van der Waals surface area (Å²) in [6.07, 6.45) is 7.74. The van der Waals surface area contributed by atoms with Gasteiger partial charge in [-0.2, -0.15) is 0 Å². The van der Waals surface area contributed by atoms with E-state index in [-0.39, 0.29) is 17.9 Å². The van der Waals surface area contributed by atoms with Crippen molar-refractivity contribution in [3.8, 4) is 11.4 Å². The standard InChI is InChI=1S/C23H23ClN6O2S/c1-2-32-23(31)16-11-3-5-12(6-4-11)17(16)28-19-13-7-8-33-22(13)30-20(29-19)14-9-25-21-18(14)27-15(24)10-26-21/h7-12,16-17H,2-6H2,1H3,(H,25,26)(H,28,29,30)/t11?,12?,16-,17-/m0/s1. The Morgan fingerprint density at radius 2 is 2.06 bits per heavy atom. The molecule has 4 heterocycles. The lowest BCUT2D eigenvalue weighted by Gasteiger charge is -2.47. The Hall–Kier alpha value is -2.78. The first-order valence-electron chi connectivity index (χ1n) is 11.3. The summed E-state index contributed by atoms with van der Waals surface area (Å²) in [6, 6.07) is 2.03. The number of anilines is 1. The van der Waals surface area contributed by atoms with Gasteiger partial charge in [0.05, 0.1) is 29.7 Å². The fourth-order valence-electron chi connectivity index (χ4n) is 5.52. The zero-order valence-electron chi connectivity index (χ0n) is 18.0. The van der Waals surface area contributed by atoms with E-state index in [2.05, 4.69) is 20.3 Å². The van der Waals surface area contributed by atoms with E-state index in [1.165, 1.54) is 6.20 Å². The summed E-state index contributed by atoms with van der Waals surface area (Å²) in [6.45, 7) is 2.26. The van der Waals surface area contributed by atoms with Crippen LogP contribution in [0.15, 0.2) is 23.8 Å². The summed E-state index contributed by atoms with van der Waals surface area (Å²) in [5.74, 6) is 1.83. The van der Waals surface area contributed by atoms with E-state index in [1.54, 1.807) is 11.3 Å². The van der Waals surface area contributed by atoms with Crippen molar-refractivity contribution in [2.24, 2.45) is 17.8 Å². The number of fused-ring (bicyclic) bond motifs is 5. The highest BCUT2D eigenvalue weighted by molar-refractivity contribution is 7.16. The Balaban J connectivity index is 1.43. The second kappa shape index (κ2) is 8.22. The third-order valence-corrected chi connectivity index (χ3v) is 7.99. The Morgan fingerprint density at radius 3 is 2.88 bits per heavy atom. The molecule has 0 saturated heterocycles. The van der Waals surface area contributed by atoms with E-state index in [0.29, 0.717) is 40.6 Å². The van der Waals surface area contributed by atoms with Gasteiger partial charge in [0, 0.05) is 12.2 Å². The maximum Gasteiger partial charge on any atom is 0.311 e. The Labute approximate surface area is 199 Å². The van der Waals surface area contributed by atoms with Crippen molar-refractivity contribution in [2.45, 2.75) is 38.6 Å². The van der Waals surface area contributed by atoms with Gasteiger partial charge in [0.2, 0.25) is 0 Å². The fourth-order valence-corrected chi connectivity index (χ4v) is 6.42. The molecule has 3 aliphatic rings. The molecule has 3 saturated carbocycles. The number of nitrogens with zero attached hydrogens (tertiary/aromatic N) is 4. The number of rotatable bonds is 5. The van der Waals surface area contributed by atoms with Gasteiger partial charge >= 0.3 is 5.97 Å². The lowest BCUT2D eigenvalue weighted by molar-refractivity contribution is -0.154. The van der Waals surface area contributed by atoms with Crippen molar-refractivity contribution < 1.29 is 9.53 Å². The number of thiophene rings is 1. The Bertz CT molecular complexity index is 1350. The topological polar surface area (TPSA) is 106 Å². The van der Waals surface area contributed by atoms with Crippen molar-refractivity contribution in [3.63, 3.8) is 0 Å². The van der Waals surface area contributed by atoms with Gasteiger partial charge in [0.15, 0.2) is 11.5 Å². The number of aromatic nitrogens is 5. The lowest BCUT2D eigenvalue weighted by atomic mass is 9.61. The van der Waals surface area contributed by atoms with Crippen LogP contribution in [0.1, 0.15) is 32.6 Å². The molecule has 2 N–H and O–H groups in total. The minimum Gasteiger partial charge on any atom is -0.466 e. The van der Waals surface area contributed by atoms with Gasteiger partial charge in [-0.3, -0.25) is 4.79 Å². The van der Waals surface area contributed by atoms with Crippen molar-refractivity contribution >= 4 is 56.1 Å². The maximum atomic E-state index is 12.9. The quantitative estimate of drug-likeness (QED) is 0.383. The first-order valence-corrected chi connectivity index (χ1v) is 12.6. The van der Waals surface area contributed by atoms with Gasteiger partial charge in [-0.25, -0.2) is 19.9 Å². The largest absolute Gasteiger partial charge is 0.466 e. The number of ether oxygens (including phenoxy) is 1. The number of esters is 1. The molecule has 0 amide bonds. The summed E-state index contributed by atoms with van der Waals surface area (Å²) >= 11 is 7.66. The van der Waals surface area contributed by atoms with Crippen LogP contribution in [0.5, 0.6) is 0 Å². The molecule has 0 spiro atoms. The molecule has 2 atom stereocenters. The van der Waals surface area contributed by atoms with E-state index < -0.39 is 0 Å². The van der Waals surface area contributed by atoms with Crippen LogP contribution < -0.4 is 5.32 Å². The monoisotopic (exact) mass is 482 g/mol. The van der Waals surface area contributed by atoms with Gasteiger partial charge in [0.1, 0.15) is 21.3 Å². The minimum absolute atomic E-state index is 0.000366. The van der Waals surface area contributed by atoms with Gasteiger partial charge in [-0.15, -0.1) is 11.3 Å². The van der Waals surface area contributed by atoms with E-state index >= 15 is 0 Å². The molecule has 7 rings (SSSR count). The van der Waals surface area contributed by atoms with E-state index in [9.17, 15) is 4.79 Å². The SMILES string of the molecule is CCOC(=O)[C@H]1C2CCC(CC2)[C@@H]1Nc1nc(-c2c[nH]c3ncc(Cl)nc23)nc2sccc12. The average Bonchev–Trinajstić information content (AvgIpc) is 3.46. The molecule has 3 aliphatic carbocycles. The number of halogens is 1. The van der Waals surface area contributed by atoms with Crippen LogP contribution in [0.25, 0.3) is 32.8 Å². The van der Waals surface area contributed by atoms with Crippen molar-refractivity contribution in [1.82, 2.24) is 24.9 Å². The molecule has 2 bridgehead atoms. The first-order chi connectivity index (χ1) is 16.1. The van der Waals surface area contributed by atoms with Crippen LogP contribution in [0.2, 0.25) is 5.15 Å². The number of carbonyl (C=O) groups is 1. The molecule has 0 radical (unpaired) electrons. The number of nitrogens with one attached hydrogen (secondary N) is 2. The molecule has 4 aromatic heterocycles. The summed E-state index contributed by atoms with van der Waals surface area (Å²) < 4.78 is 5.47. The number of hydrogen-bond acceptors (Lipinski definition) is 8. The van der Waals surface area contributed by atoms with Crippen molar-refractivity contribution in [3.05, 3.63) is 29.0 Å². The van der Waals surface area contributed by atoms with E-state index in [1.807, 2.05) is 24.6 Å². The third-order valence-electron chi connectivity index (χ3n) is 7.00. The van der Waals surface area contributed by atoms with Gasteiger partial charge < -0.3 is 15.0 Å². The smallest absolute Gasteiger partial charge is 0.311 e. The van der Waals surface area contributed by atoms with Crippen LogP contribution in [0, 0.1) is 17.8 Å². The highest BCUT2D eigenvalue weighted by Gasteiger charge is 2.48. The zero-order valence-corrected chi connectivity index (χ0v) is 19.6. The minimum atomic E-state index is -0.151. The summed E-state index contributed by atoms with van der Waals surface area (Å²) in [5.41, 5.74) is 2.00. The lowest BCUT2D eigenvalue weighted by Crippen LogP contribution is -2.52. The van der Waals surface area contributed by atoms with E-state index in [4.69, 9.17) is 26.3 Å². The van der Waals surface area contributed by atoms with Crippen LogP contribution >= 0.6 is 22.9 Å². The molecular formula is C23H23ClN6O2S. The Kier molecular flexibility index (Phi) is 5.18. The number of hydrogen-bond donors (Lipinski definition) is 2. The van der Waals surface area contributed by atoms with Crippen molar-refractivity contribution in [2.75, 3.05) is 11.9 Å². The molecule has 4 aromatic rings. The van der Waals surface area contributed by atoms with Gasteiger partial charge in [0.25, 0.3) is 0 Å². The highest BCUT2D eigenvalue weighted by atomic mass is 35.5. The predicted molar refractivity (Wildman–Crippen MR) is 128 cm³/mol. The van der Waals surface area contributed by atoms with Gasteiger partial charge in [-0.1, -0.05) is 11.6 Å². The normalized spacial score (nSPS) is 24.4. The number of aromatic amines is 1. The summed E-state index contributed by atoms with van der Waals surface area (Å²) in [7, 11) is 0.